The summed E-state index contributed by atoms with van der Waals surface area (Å²) in [7, 11) is 0. The van der Waals surface area contributed by atoms with Gasteiger partial charge in [0, 0.05) is 18.6 Å². The lowest BCUT2D eigenvalue weighted by molar-refractivity contribution is -0.135. The van der Waals surface area contributed by atoms with E-state index >= 15 is 0 Å². The zero-order valence-electron chi connectivity index (χ0n) is 13.8. The van der Waals surface area contributed by atoms with Crippen molar-refractivity contribution in [2.75, 3.05) is 6.54 Å². The summed E-state index contributed by atoms with van der Waals surface area (Å²) >= 11 is 1.58. The minimum atomic E-state index is 0.0350. The molecule has 0 saturated carbocycles. The van der Waals surface area contributed by atoms with Crippen LogP contribution < -0.4 is 5.73 Å². The van der Waals surface area contributed by atoms with E-state index in [1.165, 1.54) is 0 Å². The van der Waals surface area contributed by atoms with E-state index < -0.39 is 0 Å². The summed E-state index contributed by atoms with van der Waals surface area (Å²) in [6.07, 6.45) is 1.22. The van der Waals surface area contributed by atoms with Crippen molar-refractivity contribution in [2.45, 2.75) is 45.7 Å². The molecule has 2 N–H and O–H groups in total. The number of oxazole rings is 1. The first-order valence-corrected chi connectivity index (χ1v) is 8.90. The minimum Gasteiger partial charge on any atom is -0.440 e. The molecule has 1 aliphatic heterocycles. The fourth-order valence-corrected chi connectivity index (χ4v) is 3.77. The summed E-state index contributed by atoms with van der Waals surface area (Å²) < 4.78 is 5.72. The Kier molecular flexibility index (Phi) is 4.55. The molecule has 1 saturated heterocycles. The number of rotatable bonds is 3. The second-order valence-electron chi connectivity index (χ2n) is 6.35. The van der Waals surface area contributed by atoms with Gasteiger partial charge >= 0.3 is 0 Å². The molecule has 0 spiro atoms. The third-order valence-electron chi connectivity index (χ3n) is 4.79. The van der Waals surface area contributed by atoms with Crippen molar-refractivity contribution < 1.29 is 9.21 Å². The number of piperidine rings is 1. The highest BCUT2D eigenvalue weighted by Gasteiger charge is 2.33. The van der Waals surface area contributed by atoms with Crippen LogP contribution in [0.1, 0.15) is 31.7 Å². The second-order valence-corrected chi connectivity index (χ2v) is 7.29. The van der Waals surface area contributed by atoms with Gasteiger partial charge in [0.2, 0.25) is 11.8 Å². The molecule has 0 aromatic carbocycles. The smallest absolute Gasteiger partial charge is 0.236 e. The summed E-state index contributed by atoms with van der Waals surface area (Å²) in [5.74, 6) is 1.84. The first-order valence-electron chi connectivity index (χ1n) is 8.02. The number of carbonyl (C=O) groups excluding carboxylic acids is 1. The third-order valence-corrected chi connectivity index (χ3v) is 5.65. The van der Waals surface area contributed by atoms with E-state index in [1.807, 2.05) is 36.3 Å². The van der Waals surface area contributed by atoms with E-state index in [9.17, 15) is 4.79 Å². The Bertz CT molecular complexity index is 680. The van der Waals surface area contributed by atoms with Crippen molar-refractivity contribution in [3.05, 3.63) is 29.0 Å². The lowest BCUT2D eigenvalue weighted by atomic mass is 9.88. The van der Waals surface area contributed by atoms with Gasteiger partial charge in [0.15, 0.2) is 0 Å². The molecule has 6 heteroatoms. The molecule has 23 heavy (non-hydrogen) atoms. The highest BCUT2D eigenvalue weighted by molar-refractivity contribution is 7.13. The van der Waals surface area contributed by atoms with E-state index in [-0.39, 0.29) is 24.4 Å². The van der Waals surface area contributed by atoms with Crippen molar-refractivity contribution in [1.29, 1.82) is 0 Å². The molecule has 0 bridgehead atoms. The van der Waals surface area contributed by atoms with Gasteiger partial charge in [-0.15, -0.1) is 11.3 Å². The average Bonchev–Trinajstić information content (AvgIpc) is 3.15. The molecule has 0 radical (unpaired) electrons. The Morgan fingerprint density at radius 2 is 2.30 bits per heavy atom. The van der Waals surface area contributed by atoms with Crippen LogP contribution in [0.25, 0.3) is 10.8 Å². The molecule has 0 aliphatic carbocycles. The number of aryl methyl sites for hydroxylation is 1. The maximum atomic E-state index is 12.7. The summed E-state index contributed by atoms with van der Waals surface area (Å²) in [5, 5.41) is 1.98. The Labute approximate surface area is 140 Å². The number of hydrogen-bond donors (Lipinski definition) is 1. The van der Waals surface area contributed by atoms with Crippen molar-refractivity contribution in [3.63, 3.8) is 0 Å². The quantitative estimate of drug-likeness (QED) is 0.937. The molecule has 3 rings (SSSR count). The largest absolute Gasteiger partial charge is 0.440 e. The van der Waals surface area contributed by atoms with Crippen molar-refractivity contribution in [3.8, 4) is 10.8 Å². The molecule has 1 amide bonds. The molecule has 5 nitrogen and oxygen atoms in total. The van der Waals surface area contributed by atoms with Crippen LogP contribution in [0, 0.1) is 12.8 Å². The average molecular weight is 333 g/mol. The SMILES string of the molecule is Cc1oc(-c2cccs2)nc1CC(=O)N1CC[C@H](C)[C@H](N)[C@@H]1C. The predicted molar refractivity (Wildman–Crippen MR) is 91.2 cm³/mol. The number of amides is 1. The summed E-state index contributed by atoms with van der Waals surface area (Å²) in [6.45, 7) is 6.81. The summed E-state index contributed by atoms with van der Waals surface area (Å²) in [6, 6.07) is 4.03. The van der Waals surface area contributed by atoms with Crippen LogP contribution >= 0.6 is 11.3 Å². The van der Waals surface area contributed by atoms with Crippen LogP contribution in [-0.4, -0.2) is 34.4 Å². The molecular weight excluding hydrogens is 310 g/mol. The molecule has 3 atom stereocenters. The van der Waals surface area contributed by atoms with E-state index in [0.717, 1.165) is 23.5 Å². The molecule has 124 valence electrons. The van der Waals surface area contributed by atoms with Gasteiger partial charge in [-0.05, 0) is 37.6 Å². The Balaban J connectivity index is 1.73. The number of hydrogen-bond acceptors (Lipinski definition) is 5. The standard InChI is InChI=1S/C17H23N3O2S/c1-10-6-7-20(11(2)16(10)18)15(21)9-13-12(3)22-17(19-13)14-5-4-8-23-14/h4-5,8,10-11,16H,6-7,9,18H2,1-3H3/t10-,11-,16-/m0/s1. The highest BCUT2D eigenvalue weighted by atomic mass is 32.1. The van der Waals surface area contributed by atoms with Crippen molar-refractivity contribution >= 4 is 17.2 Å². The Hall–Kier alpha value is -1.66. The minimum absolute atomic E-state index is 0.0350. The van der Waals surface area contributed by atoms with Gasteiger partial charge in [-0.3, -0.25) is 4.79 Å². The summed E-state index contributed by atoms with van der Waals surface area (Å²) in [5.41, 5.74) is 6.94. The van der Waals surface area contributed by atoms with Gasteiger partial charge in [0.1, 0.15) is 5.76 Å². The van der Waals surface area contributed by atoms with Crippen LogP contribution in [0.15, 0.2) is 21.9 Å². The van der Waals surface area contributed by atoms with Crippen LogP contribution in [0.2, 0.25) is 0 Å². The van der Waals surface area contributed by atoms with Crippen molar-refractivity contribution in [2.24, 2.45) is 11.7 Å². The van der Waals surface area contributed by atoms with Crippen LogP contribution in [0.4, 0.5) is 0 Å². The first kappa shape index (κ1) is 16.2. The molecule has 1 aliphatic rings. The molecule has 2 aromatic heterocycles. The topological polar surface area (TPSA) is 72.4 Å². The second kappa shape index (κ2) is 6.45. The van der Waals surface area contributed by atoms with Gasteiger partial charge in [-0.1, -0.05) is 13.0 Å². The van der Waals surface area contributed by atoms with Gasteiger partial charge in [-0.2, -0.15) is 0 Å². The fraction of sp³-hybridized carbons (Fsp3) is 0.529. The predicted octanol–water partition coefficient (Wildman–Crippen LogP) is 2.84. The zero-order valence-corrected chi connectivity index (χ0v) is 14.6. The van der Waals surface area contributed by atoms with E-state index in [0.29, 0.717) is 17.6 Å². The highest BCUT2D eigenvalue weighted by Crippen LogP contribution is 2.27. The Morgan fingerprint density at radius 3 is 3.00 bits per heavy atom. The van der Waals surface area contributed by atoms with E-state index in [4.69, 9.17) is 10.2 Å². The number of likely N-dealkylation sites (tertiary alicyclic amines) is 1. The van der Waals surface area contributed by atoms with Gasteiger partial charge in [-0.25, -0.2) is 4.98 Å². The lowest BCUT2D eigenvalue weighted by Crippen LogP contribution is -2.56. The molecule has 3 heterocycles. The number of thiophene rings is 1. The molecular formula is C17H23N3O2S. The number of nitrogens with two attached hydrogens (primary N) is 1. The molecule has 1 fully saturated rings. The first-order chi connectivity index (χ1) is 11.0. The normalized spacial score (nSPS) is 24.9. The molecule has 0 unspecified atom stereocenters. The maximum Gasteiger partial charge on any atom is 0.236 e. The van der Waals surface area contributed by atoms with Gasteiger partial charge < -0.3 is 15.1 Å². The lowest BCUT2D eigenvalue weighted by Gasteiger charge is -2.41. The van der Waals surface area contributed by atoms with E-state index in [1.54, 1.807) is 11.3 Å². The fourth-order valence-electron chi connectivity index (χ4n) is 3.12. The third kappa shape index (κ3) is 3.19. The maximum absolute atomic E-state index is 12.7. The monoisotopic (exact) mass is 333 g/mol. The van der Waals surface area contributed by atoms with E-state index in [2.05, 4.69) is 11.9 Å². The summed E-state index contributed by atoms with van der Waals surface area (Å²) in [4.78, 5) is 20.1. The van der Waals surface area contributed by atoms with Gasteiger partial charge in [0.25, 0.3) is 0 Å². The number of aromatic nitrogens is 1. The zero-order chi connectivity index (χ0) is 16.6. The number of nitrogens with zero attached hydrogens (tertiary/aromatic N) is 2. The Morgan fingerprint density at radius 1 is 1.52 bits per heavy atom. The van der Waals surface area contributed by atoms with Crippen LogP contribution in [0.5, 0.6) is 0 Å². The van der Waals surface area contributed by atoms with Crippen LogP contribution in [0.3, 0.4) is 0 Å². The van der Waals surface area contributed by atoms with Gasteiger partial charge in [0.05, 0.1) is 17.0 Å². The van der Waals surface area contributed by atoms with Crippen LogP contribution in [-0.2, 0) is 11.2 Å². The number of carbonyl (C=O) groups is 1. The van der Waals surface area contributed by atoms with Crippen molar-refractivity contribution in [1.82, 2.24) is 9.88 Å². The molecule has 2 aromatic rings.